The van der Waals surface area contributed by atoms with Gasteiger partial charge in [-0.25, -0.2) is 0 Å². The third kappa shape index (κ3) is 3.43. The summed E-state index contributed by atoms with van der Waals surface area (Å²) in [6.07, 6.45) is 4.99. The average Bonchev–Trinajstić information content (AvgIpc) is 2.27. The van der Waals surface area contributed by atoms with Crippen molar-refractivity contribution in [2.75, 3.05) is 26.2 Å². The van der Waals surface area contributed by atoms with Gasteiger partial charge in [0, 0.05) is 31.8 Å². The summed E-state index contributed by atoms with van der Waals surface area (Å²) >= 11 is 0. The fourth-order valence-corrected chi connectivity index (χ4v) is 3.39. The molecule has 1 aliphatic carbocycles. The van der Waals surface area contributed by atoms with Gasteiger partial charge in [-0.05, 0) is 44.1 Å². The molecule has 4 unspecified atom stereocenters. The van der Waals surface area contributed by atoms with Gasteiger partial charge in [0.15, 0.2) is 0 Å². The summed E-state index contributed by atoms with van der Waals surface area (Å²) in [6, 6.07) is 1.48. The molecule has 0 aromatic heterocycles. The highest BCUT2D eigenvalue weighted by Gasteiger charge is 2.36. The van der Waals surface area contributed by atoms with Crippen LogP contribution in [0.25, 0.3) is 0 Å². The highest BCUT2D eigenvalue weighted by molar-refractivity contribution is 4.92. The standard InChI is InChI=1S/C14H28N2O/c1-11-8-13(15-6-3-7-17)10-16(9-11)14-5-4-12(14)2/h11-15,17H,3-10H2,1-2H3. The molecule has 2 N–H and O–H groups in total. The molecule has 0 aromatic rings. The molecule has 1 heterocycles. The first-order chi connectivity index (χ1) is 8.20. The van der Waals surface area contributed by atoms with Crippen molar-refractivity contribution in [1.82, 2.24) is 10.2 Å². The van der Waals surface area contributed by atoms with Crippen LogP contribution in [-0.4, -0.2) is 48.3 Å². The van der Waals surface area contributed by atoms with Crippen molar-refractivity contribution in [3.05, 3.63) is 0 Å². The Kier molecular flexibility index (Phi) is 4.83. The lowest BCUT2D eigenvalue weighted by molar-refractivity contribution is 0.0262. The van der Waals surface area contributed by atoms with Gasteiger partial charge in [0.05, 0.1) is 0 Å². The van der Waals surface area contributed by atoms with Gasteiger partial charge in [-0.2, -0.15) is 0 Å². The Hall–Kier alpha value is -0.120. The SMILES string of the molecule is CC1CC(NCCCO)CN(C2CCC2C)C1. The second kappa shape index (κ2) is 6.17. The van der Waals surface area contributed by atoms with E-state index in [9.17, 15) is 0 Å². The van der Waals surface area contributed by atoms with E-state index in [1.807, 2.05) is 0 Å². The van der Waals surface area contributed by atoms with Gasteiger partial charge in [-0.1, -0.05) is 13.8 Å². The molecule has 2 fully saturated rings. The minimum atomic E-state index is 0.304. The first-order valence-corrected chi connectivity index (χ1v) is 7.29. The minimum Gasteiger partial charge on any atom is -0.396 e. The zero-order valence-corrected chi connectivity index (χ0v) is 11.4. The molecule has 0 bridgehead atoms. The van der Waals surface area contributed by atoms with Gasteiger partial charge in [0.25, 0.3) is 0 Å². The van der Waals surface area contributed by atoms with E-state index in [-0.39, 0.29) is 0 Å². The molecule has 0 spiro atoms. The second-order valence-electron chi connectivity index (χ2n) is 6.14. The third-order valence-corrected chi connectivity index (χ3v) is 4.50. The Morgan fingerprint density at radius 1 is 1.24 bits per heavy atom. The Bertz CT molecular complexity index is 234. The van der Waals surface area contributed by atoms with E-state index in [2.05, 4.69) is 24.1 Å². The molecule has 1 aliphatic heterocycles. The average molecular weight is 240 g/mol. The number of aliphatic hydroxyl groups excluding tert-OH is 1. The molecule has 4 atom stereocenters. The van der Waals surface area contributed by atoms with Crippen LogP contribution >= 0.6 is 0 Å². The van der Waals surface area contributed by atoms with Crippen LogP contribution < -0.4 is 5.32 Å². The van der Waals surface area contributed by atoms with Crippen molar-refractivity contribution in [1.29, 1.82) is 0 Å². The van der Waals surface area contributed by atoms with Crippen LogP contribution in [0.4, 0.5) is 0 Å². The van der Waals surface area contributed by atoms with Crippen LogP contribution in [0.5, 0.6) is 0 Å². The molecule has 1 saturated carbocycles. The Labute approximate surface area is 106 Å². The van der Waals surface area contributed by atoms with E-state index >= 15 is 0 Å². The molecule has 0 amide bonds. The van der Waals surface area contributed by atoms with Crippen molar-refractivity contribution in [3.63, 3.8) is 0 Å². The lowest BCUT2D eigenvalue weighted by Gasteiger charge is -2.48. The van der Waals surface area contributed by atoms with Crippen molar-refractivity contribution in [3.8, 4) is 0 Å². The summed E-state index contributed by atoms with van der Waals surface area (Å²) in [4.78, 5) is 2.71. The summed E-state index contributed by atoms with van der Waals surface area (Å²) < 4.78 is 0. The number of likely N-dealkylation sites (tertiary alicyclic amines) is 1. The summed E-state index contributed by atoms with van der Waals surface area (Å²) in [5.41, 5.74) is 0. The van der Waals surface area contributed by atoms with E-state index in [4.69, 9.17) is 5.11 Å². The first kappa shape index (κ1) is 13.3. The van der Waals surface area contributed by atoms with E-state index in [0.717, 1.165) is 30.8 Å². The maximum Gasteiger partial charge on any atom is 0.0443 e. The summed E-state index contributed by atoms with van der Waals surface area (Å²) in [6.45, 7) is 8.52. The van der Waals surface area contributed by atoms with Gasteiger partial charge < -0.3 is 10.4 Å². The largest absolute Gasteiger partial charge is 0.396 e. The van der Waals surface area contributed by atoms with Crippen LogP contribution in [0, 0.1) is 11.8 Å². The van der Waals surface area contributed by atoms with Gasteiger partial charge in [-0.15, -0.1) is 0 Å². The number of hydrogen-bond acceptors (Lipinski definition) is 3. The number of nitrogens with one attached hydrogen (secondary N) is 1. The maximum atomic E-state index is 8.82. The van der Waals surface area contributed by atoms with Crippen LogP contribution in [0.1, 0.15) is 39.5 Å². The smallest absolute Gasteiger partial charge is 0.0443 e. The molecule has 100 valence electrons. The maximum absolute atomic E-state index is 8.82. The van der Waals surface area contributed by atoms with E-state index in [1.54, 1.807) is 0 Å². The summed E-state index contributed by atoms with van der Waals surface area (Å²) in [7, 11) is 0. The normalized spacial score (nSPS) is 39.0. The van der Waals surface area contributed by atoms with E-state index < -0.39 is 0 Å². The Balaban J connectivity index is 1.79. The first-order valence-electron chi connectivity index (χ1n) is 7.29. The number of hydrogen-bond donors (Lipinski definition) is 2. The zero-order chi connectivity index (χ0) is 12.3. The van der Waals surface area contributed by atoms with Crippen LogP contribution in [0.2, 0.25) is 0 Å². The quantitative estimate of drug-likeness (QED) is 0.714. The highest BCUT2D eigenvalue weighted by atomic mass is 16.3. The number of piperidine rings is 1. The fourth-order valence-electron chi connectivity index (χ4n) is 3.39. The second-order valence-corrected chi connectivity index (χ2v) is 6.14. The van der Waals surface area contributed by atoms with Crippen molar-refractivity contribution in [2.24, 2.45) is 11.8 Å². The highest BCUT2D eigenvalue weighted by Crippen LogP contribution is 2.34. The monoisotopic (exact) mass is 240 g/mol. The molecule has 3 heteroatoms. The lowest BCUT2D eigenvalue weighted by Crippen LogP contribution is -2.56. The predicted molar refractivity (Wildman–Crippen MR) is 71.0 cm³/mol. The van der Waals surface area contributed by atoms with Crippen LogP contribution in [-0.2, 0) is 0 Å². The van der Waals surface area contributed by atoms with E-state index in [1.165, 1.54) is 32.4 Å². The third-order valence-electron chi connectivity index (χ3n) is 4.50. The van der Waals surface area contributed by atoms with Gasteiger partial charge in [0.2, 0.25) is 0 Å². The number of nitrogens with zero attached hydrogens (tertiary/aromatic N) is 1. The molecule has 0 aromatic carbocycles. The molecular weight excluding hydrogens is 212 g/mol. The molecule has 2 aliphatic rings. The van der Waals surface area contributed by atoms with Crippen molar-refractivity contribution >= 4 is 0 Å². The van der Waals surface area contributed by atoms with Crippen LogP contribution in [0.3, 0.4) is 0 Å². The van der Waals surface area contributed by atoms with Crippen LogP contribution in [0.15, 0.2) is 0 Å². The molecule has 17 heavy (non-hydrogen) atoms. The Morgan fingerprint density at radius 2 is 2.06 bits per heavy atom. The van der Waals surface area contributed by atoms with Gasteiger partial charge in [-0.3, -0.25) is 4.90 Å². The van der Waals surface area contributed by atoms with Gasteiger partial charge in [0.1, 0.15) is 0 Å². The molecule has 3 nitrogen and oxygen atoms in total. The summed E-state index contributed by atoms with van der Waals surface area (Å²) in [5, 5.41) is 12.4. The zero-order valence-electron chi connectivity index (χ0n) is 11.4. The van der Waals surface area contributed by atoms with Crippen molar-refractivity contribution < 1.29 is 5.11 Å². The number of rotatable bonds is 5. The minimum absolute atomic E-state index is 0.304. The van der Waals surface area contributed by atoms with Crippen molar-refractivity contribution in [2.45, 2.75) is 51.6 Å². The lowest BCUT2D eigenvalue weighted by atomic mass is 9.78. The molecule has 1 saturated heterocycles. The Morgan fingerprint density at radius 3 is 2.65 bits per heavy atom. The fraction of sp³-hybridized carbons (Fsp3) is 1.00. The number of aliphatic hydroxyl groups is 1. The van der Waals surface area contributed by atoms with Gasteiger partial charge >= 0.3 is 0 Å². The molecular formula is C14H28N2O. The van der Waals surface area contributed by atoms with E-state index in [0.29, 0.717) is 12.6 Å². The summed E-state index contributed by atoms with van der Waals surface area (Å²) in [5.74, 6) is 1.71. The molecule has 2 rings (SSSR count). The predicted octanol–water partition coefficient (Wildman–Crippen LogP) is 1.47. The molecule has 0 radical (unpaired) electrons. The topological polar surface area (TPSA) is 35.5 Å².